The maximum Gasteiger partial charge on any atom is 0.419 e. The highest BCUT2D eigenvalue weighted by Crippen LogP contribution is 2.40. The molecule has 0 spiro atoms. The topological polar surface area (TPSA) is 38.9 Å². The number of anilines is 1. The zero-order valence-corrected chi connectivity index (χ0v) is 8.53. The Morgan fingerprint density at radius 2 is 1.87 bits per heavy atom. The van der Waals surface area contributed by atoms with Crippen LogP contribution in [0, 0.1) is 0 Å². The van der Waals surface area contributed by atoms with Crippen molar-refractivity contribution in [1.29, 1.82) is 0 Å². The molecule has 0 saturated carbocycles. The van der Waals surface area contributed by atoms with Gasteiger partial charge < -0.3 is 5.73 Å². The molecule has 15 heavy (non-hydrogen) atoms. The summed E-state index contributed by atoms with van der Waals surface area (Å²) >= 11 is 2.46. The van der Waals surface area contributed by atoms with Gasteiger partial charge in [0.2, 0.25) is 0 Å². The molecule has 8 heteroatoms. The van der Waals surface area contributed by atoms with Crippen LogP contribution in [0.1, 0.15) is 17.6 Å². The van der Waals surface area contributed by atoms with Gasteiger partial charge in [0.25, 0.3) is 6.43 Å². The molecule has 2 N–H and O–H groups in total. The van der Waals surface area contributed by atoms with Gasteiger partial charge >= 0.3 is 6.18 Å². The van der Waals surface area contributed by atoms with Crippen molar-refractivity contribution in [3.8, 4) is 0 Å². The van der Waals surface area contributed by atoms with Crippen molar-refractivity contribution in [3.05, 3.63) is 21.8 Å². The van der Waals surface area contributed by atoms with E-state index in [-0.39, 0.29) is 0 Å². The SMILES string of the molecule is Nc1cc(C(F)F)c(C(F)(F)F)c(Br)n1. The molecular formula is C7H4BrF5N2. The first-order valence-corrected chi connectivity index (χ1v) is 4.34. The van der Waals surface area contributed by atoms with Crippen LogP contribution in [0.15, 0.2) is 10.7 Å². The highest BCUT2D eigenvalue weighted by Gasteiger charge is 2.39. The smallest absolute Gasteiger partial charge is 0.384 e. The van der Waals surface area contributed by atoms with Gasteiger partial charge in [0, 0.05) is 5.56 Å². The Balaban J connectivity index is 3.48. The van der Waals surface area contributed by atoms with Crippen molar-refractivity contribution in [2.75, 3.05) is 5.73 Å². The minimum absolute atomic E-state index is 0.398. The second-order valence-corrected chi connectivity index (χ2v) is 3.35. The summed E-state index contributed by atoms with van der Waals surface area (Å²) in [6.07, 6.45) is -8.16. The number of nitrogen functional groups attached to an aromatic ring is 1. The Kier molecular flexibility index (Phi) is 3.17. The first kappa shape index (κ1) is 12.2. The Morgan fingerprint density at radius 1 is 1.33 bits per heavy atom. The third-order valence-corrected chi connectivity index (χ3v) is 2.12. The van der Waals surface area contributed by atoms with E-state index in [2.05, 4.69) is 20.9 Å². The molecule has 0 saturated heterocycles. The van der Waals surface area contributed by atoms with E-state index in [1.165, 1.54) is 0 Å². The van der Waals surface area contributed by atoms with Gasteiger partial charge in [-0.25, -0.2) is 13.8 Å². The molecule has 1 aromatic rings. The molecule has 2 nitrogen and oxygen atoms in total. The lowest BCUT2D eigenvalue weighted by Crippen LogP contribution is -2.13. The maximum atomic E-state index is 12.4. The van der Waals surface area contributed by atoms with Gasteiger partial charge in [-0.05, 0) is 22.0 Å². The van der Waals surface area contributed by atoms with Gasteiger partial charge in [0.1, 0.15) is 10.4 Å². The minimum atomic E-state index is -4.90. The molecule has 0 radical (unpaired) electrons. The third-order valence-electron chi connectivity index (χ3n) is 1.54. The van der Waals surface area contributed by atoms with E-state index in [1.54, 1.807) is 0 Å². The van der Waals surface area contributed by atoms with Crippen molar-refractivity contribution < 1.29 is 22.0 Å². The van der Waals surface area contributed by atoms with Gasteiger partial charge in [-0.3, -0.25) is 0 Å². The largest absolute Gasteiger partial charge is 0.419 e. The van der Waals surface area contributed by atoms with E-state index in [9.17, 15) is 22.0 Å². The minimum Gasteiger partial charge on any atom is -0.384 e. The Morgan fingerprint density at radius 3 is 2.27 bits per heavy atom. The lowest BCUT2D eigenvalue weighted by molar-refractivity contribution is -0.140. The number of pyridine rings is 1. The predicted molar refractivity (Wildman–Crippen MR) is 46.3 cm³/mol. The number of rotatable bonds is 1. The second kappa shape index (κ2) is 3.92. The van der Waals surface area contributed by atoms with Crippen molar-refractivity contribution in [2.45, 2.75) is 12.6 Å². The van der Waals surface area contributed by atoms with Gasteiger partial charge in [-0.2, -0.15) is 13.2 Å². The lowest BCUT2D eigenvalue weighted by Gasteiger charge is -2.14. The molecule has 0 aliphatic heterocycles. The molecule has 0 unspecified atom stereocenters. The highest BCUT2D eigenvalue weighted by atomic mass is 79.9. The molecule has 1 heterocycles. The van der Waals surface area contributed by atoms with Crippen LogP contribution in [0.3, 0.4) is 0 Å². The summed E-state index contributed by atoms with van der Waals surface area (Å²) in [5, 5.41) is 0. The quantitative estimate of drug-likeness (QED) is 0.636. The molecular weight excluding hydrogens is 287 g/mol. The van der Waals surface area contributed by atoms with Gasteiger partial charge in [-0.1, -0.05) is 0 Å². The summed E-state index contributed by atoms with van der Waals surface area (Å²) in [5.41, 5.74) is 2.39. The molecule has 0 amide bonds. The fourth-order valence-corrected chi connectivity index (χ4v) is 1.66. The summed E-state index contributed by atoms with van der Waals surface area (Å²) in [6, 6.07) is 0.512. The number of hydrogen-bond donors (Lipinski definition) is 1. The average molecular weight is 291 g/mol. The normalized spacial score (nSPS) is 12.2. The fraction of sp³-hybridized carbons (Fsp3) is 0.286. The van der Waals surface area contributed by atoms with E-state index in [0.29, 0.717) is 6.07 Å². The van der Waals surface area contributed by atoms with Crippen molar-refractivity contribution in [2.24, 2.45) is 0 Å². The number of halogens is 6. The van der Waals surface area contributed by atoms with E-state index >= 15 is 0 Å². The lowest BCUT2D eigenvalue weighted by atomic mass is 10.1. The molecule has 84 valence electrons. The van der Waals surface area contributed by atoms with Crippen molar-refractivity contribution >= 4 is 21.7 Å². The van der Waals surface area contributed by atoms with Gasteiger partial charge in [0.05, 0.1) is 5.56 Å². The van der Waals surface area contributed by atoms with E-state index in [4.69, 9.17) is 5.73 Å². The zero-order valence-electron chi connectivity index (χ0n) is 6.95. The van der Waals surface area contributed by atoms with Crippen LogP contribution in [0.5, 0.6) is 0 Å². The van der Waals surface area contributed by atoms with Gasteiger partial charge in [-0.15, -0.1) is 0 Å². The number of aromatic nitrogens is 1. The number of nitrogens with two attached hydrogens (primary N) is 1. The van der Waals surface area contributed by atoms with Crippen LogP contribution in [-0.4, -0.2) is 4.98 Å². The Labute approximate surface area is 89.4 Å². The molecule has 0 aliphatic rings. The van der Waals surface area contributed by atoms with Crippen molar-refractivity contribution in [1.82, 2.24) is 4.98 Å². The molecule has 0 fully saturated rings. The van der Waals surface area contributed by atoms with Crippen LogP contribution < -0.4 is 5.73 Å². The first-order chi connectivity index (χ1) is 6.73. The fourth-order valence-electron chi connectivity index (χ4n) is 1.00. The monoisotopic (exact) mass is 290 g/mol. The van der Waals surface area contributed by atoms with Crippen LogP contribution in [0.2, 0.25) is 0 Å². The third kappa shape index (κ3) is 2.55. The molecule has 0 bridgehead atoms. The summed E-state index contributed by atoms with van der Waals surface area (Å²) in [4.78, 5) is 3.22. The van der Waals surface area contributed by atoms with Crippen LogP contribution >= 0.6 is 15.9 Å². The van der Waals surface area contributed by atoms with E-state index < -0.39 is 34.1 Å². The molecule has 0 aliphatic carbocycles. The molecule has 0 atom stereocenters. The Bertz CT molecular complexity index is 376. The summed E-state index contributed by atoms with van der Waals surface area (Å²) < 4.78 is 61.0. The number of hydrogen-bond acceptors (Lipinski definition) is 2. The average Bonchev–Trinajstić information content (AvgIpc) is 1.99. The van der Waals surface area contributed by atoms with Crippen molar-refractivity contribution in [3.63, 3.8) is 0 Å². The van der Waals surface area contributed by atoms with Crippen LogP contribution in [0.4, 0.5) is 27.8 Å². The molecule has 1 rings (SSSR count). The van der Waals surface area contributed by atoms with E-state index in [1.807, 2.05) is 0 Å². The van der Waals surface area contributed by atoms with Crippen LogP contribution in [-0.2, 0) is 6.18 Å². The van der Waals surface area contributed by atoms with E-state index in [0.717, 1.165) is 0 Å². The molecule has 0 aromatic carbocycles. The summed E-state index contributed by atoms with van der Waals surface area (Å²) in [5.74, 6) is -0.398. The second-order valence-electron chi connectivity index (χ2n) is 2.60. The predicted octanol–water partition coefficient (Wildman–Crippen LogP) is 3.38. The Hall–Kier alpha value is -0.920. The van der Waals surface area contributed by atoms with Crippen LogP contribution in [0.25, 0.3) is 0 Å². The summed E-state index contributed by atoms with van der Waals surface area (Å²) in [6.45, 7) is 0. The van der Waals surface area contributed by atoms with Gasteiger partial charge in [0.15, 0.2) is 0 Å². The summed E-state index contributed by atoms with van der Waals surface area (Å²) in [7, 11) is 0. The number of alkyl halides is 5. The zero-order chi connectivity index (χ0) is 11.8. The number of nitrogens with zero attached hydrogens (tertiary/aromatic N) is 1. The molecule has 1 aromatic heterocycles. The first-order valence-electron chi connectivity index (χ1n) is 3.54. The maximum absolute atomic E-state index is 12.4. The highest BCUT2D eigenvalue weighted by molar-refractivity contribution is 9.10. The standard InChI is InChI=1S/C7H4BrF5N2/c8-5-4(7(11,12)13)2(6(9)10)1-3(14)15-5/h1,6H,(H2,14,15).